The van der Waals surface area contributed by atoms with Crippen LogP contribution in [0.5, 0.6) is 0 Å². The molecule has 9 heteroatoms. The van der Waals surface area contributed by atoms with E-state index < -0.39 is 14.6 Å². The minimum Gasteiger partial charge on any atom is -0.356 e. The average Bonchev–Trinajstić information content (AvgIpc) is 2.99. The third-order valence-electron chi connectivity index (χ3n) is 5.27. The van der Waals surface area contributed by atoms with Crippen LogP contribution in [0.25, 0.3) is 0 Å². The van der Waals surface area contributed by atoms with E-state index in [1.54, 1.807) is 20.9 Å². The summed E-state index contributed by atoms with van der Waals surface area (Å²) in [7, 11) is -1.53. The highest BCUT2D eigenvalue weighted by molar-refractivity contribution is 14.0. The molecule has 1 heterocycles. The minimum atomic E-state index is -3.18. The van der Waals surface area contributed by atoms with Gasteiger partial charge in [-0.1, -0.05) is 30.3 Å². The summed E-state index contributed by atoms with van der Waals surface area (Å²) in [5.41, 5.74) is 1.23. The van der Waals surface area contributed by atoms with Crippen molar-refractivity contribution >= 4 is 45.7 Å². The molecule has 2 N–H and O–H groups in total. The normalized spacial score (nSPS) is 17.8. The molecular weight excluding hydrogens is 503 g/mol. The van der Waals surface area contributed by atoms with Gasteiger partial charge in [-0.15, -0.1) is 24.0 Å². The van der Waals surface area contributed by atoms with Crippen LogP contribution in [0.4, 0.5) is 0 Å². The second-order valence-electron chi connectivity index (χ2n) is 7.98. The number of benzene rings is 1. The number of nitrogens with zero attached hydrogens (tertiary/aromatic N) is 2. The van der Waals surface area contributed by atoms with Crippen LogP contribution in [-0.2, 0) is 21.1 Å². The van der Waals surface area contributed by atoms with Gasteiger partial charge in [0, 0.05) is 51.8 Å². The number of hydrogen-bond donors (Lipinski definition) is 2. The lowest BCUT2D eigenvalue weighted by Crippen LogP contribution is -2.48. The Bertz CT molecular complexity index is 797. The Labute approximate surface area is 191 Å². The van der Waals surface area contributed by atoms with Crippen molar-refractivity contribution in [2.45, 2.75) is 31.4 Å². The van der Waals surface area contributed by atoms with Gasteiger partial charge < -0.3 is 15.5 Å². The van der Waals surface area contributed by atoms with Crippen LogP contribution in [-0.4, -0.2) is 69.4 Å². The fourth-order valence-electron chi connectivity index (χ4n) is 3.00. The summed E-state index contributed by atoms with van der Waals surface area (Å²) >= 11 is 0. The number of sulfone groups is 1. The number of hydrogen-bond acceptors (Lipinski definition) is 4. The van der Waals surface area contributed by atoms with E-state index in [0.717, 1.165) is 19.5 Å². The van der Waals surface area contributed by atoms with E-state index in [4.69, 9.17) is 0 Å². The predicted molar refractivity (Wildman–Crippen MR) is 129 cm³/mol. The molecule has 0 saturated carbocycles. The summed E-state index contributed by atoms with van der Waals surface area (Å²) in [6.07, 6.45) is 2.61. The number of aliphatic imine (C=N–C) groups is 1. The van der Waals surface area contributed by atoms with E-state index in [1.165, 1.54) is 11.8 Å². The molecule has 0 radical (unpaired) electrons. The molecule has 1 saturated heterocycles. The Kier molecular flexibility index (Phi) is 9.87. The first-order chi connectivity index (χ1) is 13.1. The lowest BCUT2D eigenvalue weighted by molar-refractivity contribution is -0.127. The number of carbonyl (C=O) groups is 1. The van der Waals surface area contributed by atoms with E-state index in [-0.39, 0.29) is 42.3 Å². The van der Waals surface area contributed by atoms with E-state index in [9.17, 15) is 13.2 Å². The zero-order valence-electron chi connectivity index (χ0n) is 17.6. The van der Waals surface area contributed by atoms with Gasteiger partial charge >= 0.3 is 0 Å². The molecule has 1 amide bonds. The number of carbonyl (C=O) groups excluding carboxylic acids is 1. The van der Waals surface area contributed by atoms with E-state index in [1.807, 2.05) is 23.1 Å². The van der Waals surface area contributed by atoms with E-state index in [0.29, 0.717) is 18.9 Å². The molecule has 0 aliphatic carbocycles. The molecule has 1 aromatic rings. The number of halogens is 1. The monoisotopic (exact) mass is 536 g/mol. The van der Waals surface area contributed by atoms with Gasteiger partial charge in [0.1, 0.15) is 0 Å². The molecule has 1 aliphatic heterocycles. The lowest BCUT2D eigenvalue weighted by atomic mass is 10.1. The Morgan fingerprint density at radius 2 is 1.90 bits per heavy atom. The quantitative estimate of drug-likeness (QED) is 0.300. The number of likely N-dealkylation sites (tertiary alicyclic amines) is 1. The van der Waals surface area contributed by atoms with E-state index >= 15 is 0 Å². The van der Waals surface area contributed by atoms with Crippen molar-refractivity contribution in [3.05, 3.63) is 35.9 Å². The first-order valence-corrected chi connectivity index (χ1v) is 11.5. The molecule has 1 aliphatic rings. The van der Waals surface area contributed by atoms with Crippen LogP contribution < -0.4 is 10.6 Å². The molecule has 29 heavy (non-hydrogen) atoms. The zero-order valence-corrected chi connectivity index (χ0v) is 20.8. The fourth-order valence-corrected chi connectivity index (χ4v) is 3.34. The van der Waals surface area contributed by atoms with Crippen LogP contribution in [0, 0.1) is 5.92 Å². The van der Waals surface area contributed by atoms with Crippen molar-refractivity contribution in [3.63, 3.8) is 0 Å². The van der Waals surface area contributed by atoms with Gasteiger partial charge in [0.2, 0.25) is 5.91 Å². The predicted octanol–water partition coefficient (Wildman–Crippen LogP) is 1.68. The maximum Gasteiger partial charge on any atom is 0.223 e. The second-order valence-corrected chi connectivity index (χ2v) is 10.6. The largest absolute Gasteiger partial charge is 0.356 e. The van der Waals surface area contributed by atoms with Crippen LogP contribution in [0.3, 0.4) is 0 Å². The summed E-state index contributed by atoms with van der Waals surface area (Å²) in [5.74, 6) is 0.945. The van der Waals surface area contributed by atoms with Gasteiger partial charge in [0.25, 0.3) is 0 Å². The van der Waals surface area contributed by atoms with E-state index in [2.05, 4.69) is 27.8 Å². The fraction of sp³-hybridized carbons (Fsp3) is 0.600. The number of guanidine groups is 1. The molecule has 0 aromatic heterocycles. The van der Waals surface area contributed by atoms with Gasteiger partial charge in [-0.05, 0) is 25.8 Å². The highest BCUT2D eigenvalue weighted by Crippen LogP contribution is 2.18. The van der Waals surface area contributed by atoms with Crippen LogP contribution >= 0.6 is 24.0 Å². The van der Waals surface area contributed by atoms with Crippen molar-refractivity contribution in [2.75, 3.05) is 39.5 Å². The van der Waals surface area contributed by atoms with Gasteiger partial charge in [0.05, 0.1) is 4.75 Å². The first kappa shape index (κ1) is 25.7. The van der Waals surface area contributed by atoms with Crippen LogP contribution in [0.2, 0.25) is 0 Å². The highest BCUT2D eigenvalue weighted by atomic mass is 127. The first-order valence-electron chi connectivity index (χ1n) is 9.58. The van der Waals surface area contributed by atoms with Crippen molar-refractivity contribution in [1.82, 2.24) is 15.5 Å². The third-order valence-corrected chi connectivity index (χ3v) is 7.43. The zero-order chi connectivity index (χ0) is 20.8. The average molecular weight is 536 g/mol. The number of rotatable bonds is 8. The summed E-state index contributed by atoms with van der Waals surface area (Å²) in [4.78, 5) is 18.3. The molecule has 1 aromatic carbocycles. The topological polar surface area (TPSA) is 90.9 Å². The van der Waals surface area contributed by atoms with Gasteiger partial charge in [-0.3, -0.25) is 9.79 Å². The van der Waals surface area contributed by atoms with Crippen molar-refractivity contribution in [1.29, 1.82) is 0 Å². The smallest absolute Gasteiger partial charge is 0.223 e. The Hall–Kier alpha value is -1.36. The van der Waals surface area contributed by atoms with Crippen LogP contribution in [0.15, 0.2) is 35.3 Å². The molecule has 0 spiro atoms. The highest BCUT2D eigenvalue weighted by Gasteiger charge is 2.31. The van der Waals surface area contributed by atoms with Crippen molar-refractivity contribution < 1.29 is 13.2 Å². The molecule has 1 fully saturated rings. The Morgan fingerprint density at radius 3 is 2.48 bits per heavy atom. The Balaban J connectivity index is 0.00000420. The number of nitrogens with one attached hydrogen (secondary N) is 2. The van der Waals surface area contributed by atoms with Crippen LogP contribution in [0.1, 0.15) is 25.8 Å². The van der Waals surface area contributed by atoms with Gasteiger partial charge in [0.15, 0.2) is 15.8 Å². The SMILES string of the molecule is CN=C(NCC1CC(=O)N(CCc2ccccc2)C1)NCC(C)(C)S(C)(=O)=O.I. The molecule has 164 valence electrons. The molecule has 1 unspecified atom stereocenters. The summed E-state index contributed by atoms with van der Waals surface area (Å²) in [6, 6.07) is 10.2. The maximum atomic E-state index is 12.3. The van der Waals surface area contributed by atoms with Crippen molar-refractivity contribution in [2.24, 2.45) is 10.9 Å². The second kappa shape index (κ2) is 11.1. The molecule has 2 rings (SSSR count). The van der Waals surface area contributed by atoms with Gasteiger partial charge in [-0.2, -0.15) is 0 Å². The molecule has 7 nitrogen and oxygen atoms in total. The summed E-state index contributed by atoms with van der Waals surface area (Å²) in [5, 5.41) is 6.29. The van der Waals surface area contributed by atoms with Gasteiger partial charge in [-0.25, -0.2) is 8.42 Å². The third kappa shape index (κ3) is 7.76. The molecule has 1 atom stereocenters. The minimum absolute atomic E-state index is 0. The molecular formula is C20H33IN4O3S. The Morgan fingerprint density at radius 1 is 1.24 bits per heavy atom. The number of amides is 1. The summed E-state index contributed by atoms with van der Waals surface area (Å²) in [6.45, 7) is 5.70. The standard InChI is InChI=1S/C20H32N4O3S.HI/c1-20(2,28(4,26)27)15-23-19(21-3)22-13-17-12-18(25)24(14-17)11-10-16-8-6-5-7-9-16;/h5-9,17H,10-15H2,1-4H3,(H2,21,22,23);1H. The lowest BCUT2D eigenvalue weighted by Gasteiger charge is -2.24. The molecule has 0 bridgehead atoms. The van der Waals surface area contributed by atoms with Crippen molar-refractivity contribution in [3.8, 4) is 0 Å². The maximum absolute atomic E-state index is 12.3. The summed E-state index contributed by atoms with van der Waals surface area (Å²) < 4.78 is 22.7.